The summed E-state index contributed by atoms with van der Waals surface area (Å²) in [6.07, 6.45) is 0.998. The lowest BCUT2D eigenvalue weighted by molar-refractivity contribution is -0.137. The molecule has 166 valence electrons. The molecule has 2 atom stereocenters. The molecule has 4 rings (SSSR count). The Bertz CT molecular complexity index is 738. The Hall–Kier alpha value is -1.87. The zero-order valence-corrected chi connectivity index (χ0v) is 17.7. The van der Waals surface area contributed by atoms with E-state index in [0.29, 0.717) is 50.3 Å². The zero-order chi connectivity index (χ0) is 21.0. The van der Waals surface area contributed by atoms with Gasteiger partial charge < -0.3 is 29.0 Å². The van der Waals surface area contributed by atoms with E-state index in [1.165, 1.54) is 0 Å². The first-order valence-corrected chi connectivity index (χ1v) is 10.7. The van der Waals surface area contributed by atoms with Gasteiger partial charge in [-0.25, -0.2) is 0 Å². The second-order valence-corrected chi connectivity index (χ2v) is 8.50. The summed E-state index contributed by atoms with van der Waals surface area (Å²) in [7, 11) is 1.60. The van der Waals surface area contributed by atoms with Crippen molar-refractivity contribution in [1.82, 2.24) is 9.80 Å². The first-order valence-electron chi connectivity index (χ1n) is 10.7. The Morgan fingerprint density at radius 1 is 1.23 bits per heavy atom. The van der Waals surface area contributed by atoms with Crippen LogP contribution in [0.1, 0.15) is 12.0 Å². The molecule has 0 bridgehead atoms. The van der Waals surface area contributed by atoms with Gasteiger partial charge in [0, 0.05) is 44.7 Å². The van der Waals surface area contributed by atoms with Gasteiger partial charge >= 0.3 is 0 Å². The molecule has 8 nitrogen and oxygen atoms in total. The Balaban J connectivity index is 1.39. The molecular weight excluding hydrogens is 388 g/mol. The van der Waals surface area contributed by atoms with Crippen molar-refractivity contribution < 1.29 is 28.8 Å². The molecule has 0 saturated carbocycles. The van der Waals surface area contributed by atoms with Crippen LogP contribution < -0.4 is 9.47 Å². The summed E-state index contributed by atoms with van der Waals surface area (Å²) in [5.74, 6) is 1.62. The van der Waals surface area contributed by atoms with Crippen LogP contribution in [0.2, 0.25) is 0 Å². The van der Waals surface area contributed by atoms with Gasteiger partial charge in [0.1, 0.15) is 0 Å². The third-order valence-corrected chi connectivity index (χ3v) is 6.55. The number of carbonyl (C=O) groups is 1. The summed E-state index contributed by atoms with van der Waals surface area (Å²) in [5.41, 5.74) is 0.950. The van der Waals surface area contributed by atoms with Crippen LogP contribution in [-0.2, 0) is 20.8 Å². The highest BCUT2D eigenvalue weighted by Gasteiger charge is 2.47. The van der Waals surface area contributed by atoms with E-state index >= 15 is 0 Å². The second-order valence-electron chi connectivity index (χ2n) is 8.50. The van der Waals surface area contributed by atoms with E-state index in [1.807, 2.05) is 18.2 Å². The lowest BCUT2D eigenvalue weighted by Crippen LogP contribution is -2.43. The smallest absolute Gasteiger partial charge is 0.260 e. The normalized spacial score (nSPS) is 27.0. The Kier molecular flexibility index (Phi) is 6.77. The highest BCUT2D eigenvalue weighted by atomic mass is 16.5. The lowest BCUT2D eigenvalue weighted by atomic mass is 9.76. The summed E-state index contributed by atoms with van der Waals surface area (Å²) in [6.45, 7) is 6.44. The van der Waals surface area contributed by atoms with Gasteiger partial charge in [0.15, 0.2) is 18.1 Å². The van der Waals surface area contributed by atoms with Gasteiger partial charge in [-0.15, -0.1) is 0 Å². The van der Waals surface area contributed by atoms with Crippen molar-refractivity contribution in [1.29, 1.82) is 0 Å². The molecule has 1 aromatic carbocycles. The van der Waals surface area contributed by atoms with Crippen LogP contribution in [0, 0.1) is 11.3 Å². The maximum atomic E-state index is 12.4. The molecule has 1 aromatic rings. The number of aliphatic hydroxyl groups is 1. The average Bonchev–Trinajstić information content (AvgIpc) is 3.16. The number of amides is 1. The molecule has 3 fully saturated rings. The van der Waals surface area contributed by atoms with Crippen molar-refractivity contribution in [2.24, 2.45) is 11.3 Å². The fraction of sp³-hybridized carbons (Fsp3) is 0.682. The largest absolute Gasteiger partial charge is 0.493 e. The number of hydrogen-bond acceptors (Lipinski definition) is 7. The van der Waals surface area contributed by atoms with Crippen LogP contribution in [-0.4, -0.2) is 93.7 Å². The number of aliphatic hydroxyl groups excluding tert-OH is 1. The third kappa shape index (κ3) is 4.56. The van der Waals surface area contributed by atoms with Gasteiger partial charge in [-0.05, 0) is 30.0 Å². The van der Waals surface area contributed by atoms with E-state index in [1.54, 1.807) is 12.0 Å². The Morgan fingerprint density at radius 2 is 2.07 bits per heavy atom. The number of morpholine rings is 1. The summed E-state index contributed by atoms with van der Waals surface area (Å²) >= 11 is 0. The maximum absolute atomic E-state index is 12.4. The molecule has 3 heterocycles. The van der Waals surface area contributed by atoms with Crippen LogP contribution in [0.4, 0.5) is 0 Å². The molecule has 1 amide bonds. The molecule has 0 radical (unpaired) electrons. The number of hydrogen-bond donors (Lipinski definition) is 1. The predicted molar refractivity (Wildman–Crippen MR) is 110 cm³/mol. The molecule has 0 aromatic heterocycles. The van der Waals surface area contributed by atoms with E-state index in [4.69, 9.17) is 18.9 Å². The van der Waals surface area contributed by atoms with Crippen molar-refractivity contribution >= 4 is 5.91 Å². The van der Waals surface area contributed by atoms with Crippen molar-refractivity contribution in [3.8, 4) is 11.5 Å². The molecule has 0 unspecified atom stereocenters. The van der Waals surface area contributed by atoms with Gasteiger partial charge in [-0.1, -0.05) is 6.07 Å². The minimum atomic E-state index is -0.144. The first-order chi connectivity index (χ1) is 14.6. The number of likely N-dealkylation sites (tertiary alicyclic amines) is 1. The molecule has 3 aliphatic heterocycles. The fourth-order valence-electron chi connectivity index (χ4n) is 4.79. The van der Waals surface area contributed by atoms with Gasteiger partial charge in [0.05, 0.1) is 33.5 Å². The van der Waals surface area contributed by atoms with Gasteiger partial charge in [-0.3, -0.25) is 9.69 Å². The van der Waals surface area contributed by atoms with Crippen LogP contribution in [0.15, 0.2) is 18.2 Å². The number of rotatable bonds is 7. The SMILES string of the molecule is COc1ccc(CN2C[C@@H]3CCOC[C@]3(CO)C2)cc1OCC(=O)N1CCOCC1. The van der Waals surface area contributed by atoms with Crippen LogP contribution in [0.3, 0.4) is 0 Å². The molecular formula is C22H32N2O6. The summed E-state index contributed by atoms with van der Waals surface area (Å²) in [5, 5.41) is 9.99. The molecule has 0 aliphatic carbocycles. The zero-order valence-electron chi connectivity index (χ0n) is 17.7. The van der Waals surface area contributed by atoms with Crippen molar-refractivity contribution in [2.75, 3.05) is 72.9 Å². The highest BCUT2D eigenvalue weighted by Crippen LogP contribution is 2.41. The minimum absolute atomic E-state index is 0.0173. The number of ether oxygens (including phenoxy) is 4. The Morgan fingerprint density at radius 3 is 2.80 bits per heavy atom. The molecule has 3 saturated heterocycles. The summed E-state index contributed by atoms with van der Waals surface area (Å²) < 4.78 is 22.2. The number of benzene rings is 1. The van der Waals surface area contributed by atoms with Crippen LogP contribution in [0.25, 0.3) is 0 Å². The predicted octanol–water partition coefficient (Wildman–Crippen LogP) is 0.764. The van der Waals surface area contributed by atoms with Gasteiger partial charge in [0.25, 0.3) is 5.91 Å². The van der Waals surface area contributed by atoms with Crippen molar-refractivity contribution in [3.63, 3.8) is 0 Å². The minimum Gasteiger partial charge on any atom is -0.493 e. The maximum Gasteiger partial charge on any atom is 0.260 e. The molecule has 1 N–H and O–H groups in total. The van der Waals surface area contributed by atoms with Crippen LogP contribution >= 0.6 is 0 Å². The van der Waals surface area contributed by atoms with E-state index in [0.717, 1.165) is 38.2 Å². The van der Waals surface area contributed by atoms with Crippen molar-refractivity contribution in [2.45, 2.75) is 13.0 Å². The average molecular weight is 421 g/mol. The first kappa shape index (κ1) is 21.4. The Labute approximate surface area is 177 Å². The van der Waals surface area contributed by atoms with E-state index in [-0.39, 0.29) is 24.5 Å². The molecule has 3 aliphatic rings. The molecule has 8 heteroatoms. The lowest BCUT2D eigenvalue weighted by Gasteiger charge is -2.36. The fourth-order valence-corrected chi connectivity index (χ4v) is 4.79. The second kappa shape index (κ2) is 9.51. The standard InChI is InChI=1S/C22H32N2O6/c1-27-19-3-2-17(10-20(19)30-13-21(26)24-5-8-28-9-6-24)11-23-12-18-4-7-29-16-22(18,14-23)15-25/h2-3,10,18,25H,4-9,11-16H2,1H3/t18-,22+/m0/s1. The molecule has 30 heavy (non-hydrogen) atoms. The van der Waals surface area contributed by atoms with E-state index in [2.05, 4.69) is 4.90 Å². The third-order valence-electron chi connectivity index (χ3n) is 6.55. The summed E-state index contributed by atoms with van der Waals surface area (Å²) in [4.78, 5) is 16.5. The topological polar surface area (TPSA) is 80.7 Å². The number of fused-ring (bicyclic) bond motifs is 1. The quantitative estimate of drug-likeness (QED) is 0.698. The van der Waals surface area contributed by atoms with E-state index in [9.17, 15) is 9.90 Å². The van der Waals surface area contributed by atoms with Gasteiger partial charge in [0.2, 0.25) is 0 Å². The highest BCUT2D eigenvalue weighted by molar-refractivity contribution is 5.78. The van der Waals surface area contributed by atoms with E-state index < -0.39 is 0 Å². The summed E-state index contributed by atoms with van der Waals surface area (Å²) in [6, 6.07) is 5.87. The van der Waals surface area contributed by atoms with Crippen molar-refractivity contribution in [3.05, 3.63) is 23.8 Å². The monoisotopic (exact) mass is 420 g/mol. The number of nitrogens with zero attached hydrogens (tertiary/aromatic N) is 2. The van der Waals surface area contributed by atoms with Gasteiger partial charge in [-0.2, -0.15) is 0 Å². The number of carbonyl (C=O) groups excluding carboxylic acids is 1. The van der Waals surface area contributed by atoms with Crippen LogP contribution in [0.5, 0.6) is 11.5 Å². The number of methoxy groups -OCH3 is 1. The molecule has 0 spiro atoms.